The number of hydrogen-bond donors (Lipinski definition) is 1. The minimum atomic E-state index is -4.96. The van der Waals surface area contributed by atoms with Gasteiger partial charge in [0.2, 0.25) is 0 Å². The highest BCUT2D eigenvalue weighted by Gasteiger charge is 2.52. The summed E-state index contributed by atoms with van der Waals surface area (Å²) < 4.78 is 41.8. The monoisotopic (exact) mass is 327 g/mol. The fourth-order valence-electron chi connectivity index (χ4n) is 3.35. The summed E-state index contributed by atoms with van der Waals surface area (Å²) in [5, 5.41) is 2.73. The van der Waals surface area contributed by atoms with Gasteiger partial charge in [-0.05, 0) is 42.9 Å². The van der Waals surface area contributed by atoms with E-state index in [1.807, 2.05) is 12.1 Å². The second-order valence-corrected chi connectivity index (χ2v) is 6.53. The van der Waals surface area contributed by atoms with Crippen LogP contribution < -0.4 is 5.32 Å². The van der Waals surface area contributed by atoms with E-state index in [4.69, 9.17) is 0 Å². The number of carbonyl (C=O) groups is 1. The molecule has 0 aliphatic heterocycles. The van der Waals surface area contributed by atoms with Crippen molar-refractivity contribution in [3.8, 4) is 0 Å². The molecule has 2 aliphatic carbocycles. The average Bonchev–Trinajstić information content (AvgIpc) is 2.39. The zero-order valence-corrected chi connectivity index (χ0v) is 13.0. The molecule has 0 unspecified atom stereocenters. The van der Waals surface area contributed by atoms with Crippen LogP contribution >= 0.6 is 0 Å². The van der Waals surface area contributed by atoms with E-state index in [9.17, 15) is 18.0 Å². The predicted octanol–water partition coefficient (Wildman–Crippen LogP) is 3.85. The lowest BCUT2D eigenvalue weighted by atomic mass is 9.71. The van der Waals surface area contributed by atoms with Crippen LogP contribution in [0.3, 0.4) is 0 Å². The fourth-order valence-corrected chi connectivity index (χ4v) is 3.35. The Balaban J connectivity index is 1.65. The van der Waals surface area contributed by atoms with Crippen LogP contribution in [-0.2, 0) is 9.53 Å². The summed E-state index contributed by atoms with van der Waals surface area (Å²) in [6.45, 7) is 0. The topological polar surface area (TPSA) is 38.3 Å². The van der Waals surface area contributed by atoms with Crippen molar-refractivity contribution >= 4 is 5.97 Å². The number of benzene rings is 1. The Morgan fingerprint density at radius 2 is 1.83 bits per heavy atom. The third kappa shape index (κ3) is 3.22. The third-order valence-corrected chi connectivity index (χ3v) is 5.09. The van der Waals surface area contributed by atoms with E-state index in [1.54, 1.807) is 0 Å². The molecule has 2 aliphatic rings. The Hall–Kier alpha value is -1.56. The van der Waals surface area contributed by atoms with E-state index in [-0.39, 0.29) is 5.92 Å². The second-order valence-electron chi connectivity index (χ2n) is 6.53. The molecule has 3 nitrogen and oxygen atoms in total. The molecule has 3 rings (SSSR count). The molecule has 0 atom stereocenters. The Kier molecular flexibility index (Phi) is 4.12. The molecule has 0 amide bonds. The molecular formula is C17H20F3NO2. The lowest BCUT2D eigenvalue weighted by Gasteiger charge is -2.46. The highest BCUT2D eigenvalue weighted by atomic mass is 19.4. The first-order chi connectivity index (χ1) is 10.8. The minimum Gasteiger partial charge on any atom is -0.437 e. The standard InChI is InChI=1S/C17H20F3NO2/c1-21-16(23-15(22)17(18,19)20)9-14(10-16)13-7-3-6-12(8-13)11-4-2-5-11/h3,6-8,11,14,21H,2,4-5,9-10H2,1H3. The number of nitrogens with one attached hydrogen (secondary N) is 1. The zero-order valence-electron chi connectivity index (χ0n) is 13.0. The van der Waals surface area contributed by atoms with Crippen LogP contribution in [0.2, 0.25) is 0 Å². The molecule has 2 saturated carbocycles. The van der Waals surface area contributed by atoms with Crippen molar-refractivity contribution in [2.75, 3.05) is 7.05 Å². The number of ether oxygens (including phenoxy) is 1. The van der Waals surface area contributed by atoms with Crippen molar-refractivity contribution in [2.24, 2.45) is 0 Å². The van der Waals surface area contributed by atoms with Crippen LogP contribution in [0.15, 0.2) is 24.3 Å². The van der Waals surface area contributed by atoms with Crippen molar-refractivity contribution < 1.29 is 22.7 Å². The highest BCUT2D eigenvalue weighted by molar-refractivity contribution is 5.76. The lowest BCUT2D eigenvalue weighted by Crippen LogP contribution is -2.57. The van der Waals surface area contributed by atoms with E-state index >= 15 is 0 Å². The molecule has 0 aromatic heterocycles. The van der Waals surface area contributed by atoms with Crippen LogP contribution in [0, 0.1) is 0 Å². The Morgan fingerprint density at radius 1 is 1.22 bits per heavy atom. The first-order valence-electron chi connectivity index (χ1n) is 7.92. The number of hydrogen-bond acceptors (Lipinski definition) is 3. The van der Waals surface area contributed by atoms with Gasteiger partial charge in [0.15, 0.2) is 5.72 Å². The van der Waals surface area contributed by atoms with Gasteiger partial charge in [0.1, 0.15) is 0 Å². The molecule has 0 radical (unpaired) electrons. The minimum absolute atomic E-state index is 0.114. The van der Waals surface area contributed by atoms with Crippen molar-refractivity contribution in [3.05, 3.63) is 35.4 Å². The smallest absolute Gasteiger partial charge is 0.437 e. The van der Waals surface area contributed by atoms with Gasteiger partial charge in [-0.1, -0.05) is 30.7 Å². The van der Waals surface area contributed by atoms with E-state index in [1.165, 1.54) is 31.9 Å². The molecule has 6 heteroatoms. The van der Waals surface area contributed by atoms with Gasteiger partial charge in [0.25, 0.3) is 0 Å². The molecule has 1 N–H and O–H groups in total. The number of carbonyl (C=O) groups excluding carboxylic acids is 1. The van der Waals surface area contributed by atoms with Gasteiger partial charge in [-0.3, -0.25) is 5.32 Å². The van der Waals surface area contributed by atoms with Crippen molar-refractivity contribution in [1.82, 2.24) is 5.32 Å². The second kappa shape index (κ2) is 5.82. The molecule has 0 heterocycles. The van der Waals surface area contributed by atoms with E-state index in [0.717, 1.165) is 5.56 Å². The van der Waals surface area contributed by atoms with Gasteiger partial charge < -0.3 is 4.74 Å². The van der Waals surface area contributed by atoms with Gasteiger partial charge in [-0.2, -0.15) is 13.2 Å². The highest BCUT2D eigenvalue weighted by Crippen LogP contribution is 2.47. The summed E-state index contributed by atoms with van der Waals surface area (Å²) in [6.07, 6.45) is -0.567. The van der Waals surface area contributed by atoms with E-state index in [2.05, 4.69) is 22.2 Å². The maximum atomic E-state index is 12.4. The Labute approximate surface area is 133 Å². The largest absolute Gasteiger partial charge is 0.490 e. The number of esters is 1. The molecule has 1 aromatic carbocycles. The van der Waals surface area contributed by atoms with Crippen molar-refractivity contribution in [1.29, 1.82) is 0 Å². The molecule has 1 aromatic rings. The van der Waals surface area contributed by atoms with Gasteiger partial charge in [0.05, 0.1) is 0 Å². The Morgan fingerprint density at radius 3 is 2.30 bits per heavy atom. The molecule has 23 heavy (non-hydrogen) atoms. The van der Waals surface area contributed by atoms with Crippen LogP contribution in [0.4, 0.5) is 13.2 Å². The lowest BCUT2D eigenvalue weighted by molar-refractivity contribution is -0.226. The number of rotatable bonds is 4. The Bertz CT molecular complexity index is 590. The average molecular weight is 327 g/mol. The van der Waals surface area contributed by atoms with Crippen molar-refractivity contribution in [3.63, 3.8) is 0 Å². The third-order valence-electron chi connectivity index (χ3n) is 5.09. The maximum Gasteiger partial charge on any atom is 0.490 e. The summed E-state index contributed by atoms with van der Waals surface area (Å²) in [7, 11) is 1.52. The quantitative estimate of drug-likeness (QED) is 0.674. The number of alkyl halides is 3. The first kappa shape index (κ1) is 16.3. The van der Waals surface area contributed by atoms with Gasteiger partial charge in [0, 0.05) is 12.8 Å². The summed E-state index contributed by atoms with van der Waals surface area (Å²) >= 11 is 0. The normalized spacial score (nSPS) is 27.9. The van der Waals surface area contributed by atoms with Crippen LogP contribution in [0.1, 0.15) is 55.1 Å². The molecule has 126 valence electrons. The van der Waals surface area contributed by atoms with Crippen LogP contribution in [0.25, 0.3) is 0 Å². The predicted molar refractivity (Wildman–Crippen MR) is 78.9 cm³/mol. The molecular weight excluding hydrogens is 307 g/mol. The molecule has 0 saturated heterocycles. The van der Waals surface area contributed by atoms with E-state index < -0.39 is 17.9 Å². The van der Waals surface area contributed by atoms with Gasteiger partial charge in [-0.15, -0.1) is 0 Å². The SMILES string of the molecule is CNC1(OC(=O)C(F)(F)F)CC(c2cccc(C3CCC3)c2)C1. The summed E-state index contributed by atoms with van der Waals surface area (Å²) in [4.78, 5) is 11.1. The summed E-state index contributed by atoms with van der Waals surface area (Å²) in [6, 6.07) is 8.27. The molecule has 0 bridgehead atoms. The van der Waals surface area contributed by atoms with E-state index in [0.29, 0.717) is 18.8 Å². The molecule has 2 fully saturated rings. The first-order valence-corrected chi connectivity index (χ1v) is 7.92. The van der Waals surface area contributed by atoms with Crippen LogP contribution in [-0.4, -0.2) is 24.9 Å². The van der Waals surface area contributed by atoms with Crippen LogP contribution in [0.5, 0.6) is 0 Å². The summed E-state index contributed by atoms with van der Waals surface area (Å²) in [5.41, 5.74) is 1.22. The van der Waals surface area contributed by atoms with Gasteiger partial charge in [-0.25, -0.2) is 4.79 Å². The number of halogens is 3. The molecule has 0 spiro atoms. The fraction of sp³-hybridized carbons (Fsp3) is 0.588. The van der Waals surface area contributed by atoms with Gasteiger partial charge >= 0.3 is 12.1 Å². The maximum absolute atomic E-state index is 12.4. The summed E-state index contributed by atoms with van der Waals surface area (Å²) in [5.74, 6) is -1.40. The zero-order chi connectivity index (χ0) is 16.7. The van der Waals surface area contributed by atoms with Crippen molar-refractivity contribution in [2.45, 2.75) is 55.8 Å².